The van der Waals surface area contributed by atoms with Crippen LogP contribution in [0.25, 0.3) is 0 Å². The van der Waals surface area contributed by atoms with Crippen molar-refractivity contribution in [1.82, 2.24) is 4.90 Å². The Morgan fingerprint density at radius 3 is 2.69 bits per heavy atom. The lowest BCUT2D eigenvalue weighted by Gasteiger charge is -2.06. The van der Waals surface area contributed by atoms with Crippen LogP contribution in [0.3, 0.4) is 0 Å². The third kappa shape index (κ3) is 5.03. The van der Waals surface area contributed by atoms with Crippen molar-refractivity contribution < 1.29 is 4.79 Å². The van der Waals surface area contributed by atoms with Gasteiger partial charge in [0.25, 0.3) is 0 Å². The lowest BCUT2D eigenvalue weighted by atomic mass is 10.2. The van der Waals surface area contributed by atoms with E-state index in [4.69, 9.17) is 0 Å². The molecule has 0 bridgehead atoms. The Hall–Kier alpha value is -0.380. The first-order chi connectivity index (χ1) is 5.68. The van der Waals surface area contributed by atoms with Crippen molar-refractivity contribution in [3.63, 3.8) is 0 Å². The third-order valence-electron chi connectivity index (χ3n) is 1.44. The highest BCUT2D eigenvalue weighted by atomic mass is 35.5. The highest BCUT2D eigenvalue weighted by Gasteiger charge is 2.04. The van der Waals surface area contributed by atoms with Gasteiger partial charge >= 0.3 is 0 Å². The molecule has 0 N–H and O–H groups in total. The van der Waals surface area contributed by atoms with Crippen LogP contribution < -0.4 is 0 Å². The Morgan fingerprint density at radius 2 is 2.23 bits per heavy atom. The minimum Gasteiger partial charge on any atom is -0.302 e. The minimum absolute atomic E-state index is 0. The van der Waals surface area contributed by atoms with Crippen molar-refractivity contribution >= 4 is 29.5 Å². The zero-order valence-corrected chi connectivity index (χ0v) is 9.45. The van der Waals surface area contributed by atoms with Gasteiger partial charge in [0.05, 0.1) is 6.54 Å². The molecular weight excluding hydrogens is 206 g/mol. The van der Waals surface area contributed by atoms with Crippen LogP contribution in [0.5, 0.6) is 0 Å². The Balaban J connectivity index is 0.00000144. The molecule has 0 saturated heterocycles. The predicted octanol–water partition coefficient (Wildman–Crippen LogP) is 1.84. The van der Waals surface area contributed by atoms with Gasteiger partial charge in [0.15, 0.2) is 5.78 Å². The first kappa shape index (κ1) is 12.6. The van der Waals surface area contributed by atoms with E-state index in [1.54, 1.807) is 11.3 Å². The van der Waals surface area contributed by atoms with Crippen molar-refractivity contribution in [2.24, 2.45) is 0 Å². The lowest BCUT2D eigenvalue weighted by molar-refractivity contribution is -0.118. The zero-order chi connectivity index (χ0) is 8.97. The van der Waals surface area contributed by atoms with E-state index in [-0.39, 0.29) is 18.2 Å². The second-order valence-corrected chi connectivity index (χ2v) is 4.06. The van der Waals surface area contributed by atoms with Gasteiger partial charge in [-0.15, -0.1) is 23.7 Å². The fourth-order valence-electron chi connectivity index (χ4n) is 1.02. The van der Waals surface area contributed by atoms with Crippen LogP contribution in [0, 0.1) is 0 Å². The summed E-state index contributed by atoms with van der Waals surface area (Å²) in [5.74, 6) is 0.280. The summed E-state index contributed by atoms with van der Waals surface area (Å²) in [7, 11) is 3.82. The monoisotopic (exact) mass is 219 g/mol. The number of likely N-dealkylation sites (N-methyl/N-ethyl adjacent to an activating group) is 1. The minimum atomic E-state index is 0. The van der Waals surface area contributed by atoms with Crippen molar-refractivity contribution in [2.75, 3.05) is 20.6 Å². The average Bonchev–Trinajstić information content (AvgIpc) is 2.37. The molecule has 0 spiro atoms. The number of hydrogen-bond donors (Lipinski definition) is 0. The van der Waals surface area contributed by atoms with Gasteiger partial charge in [-0.2, -0.15) is 0 Å². The molecule has 0 atom stereocenters. The van der Waals surface area contributed by atoms with Gasteiger partial charge in [-0.25, -0.2) is 0 Å². The molecule has 1 aromatic rings. The summed E-state index contributed by atoms with van der Waals surface area (Å²) >= 11 is 1.64. The molecule has 74 valence electrons. The summed E-state index contributed by atoms with van der Waals surface area (Å²) in [6, 6.07) is 3.97. The summed E-state index contributed by atoms with van der Waals surface area (Å²) in [5.41, 5.74) is 0. The van der Waals surface area contributed by atoms with Gasteiger partial charge in [0.2, 0.25) is 0 Å². The highest BCUT2D eigenvalue weighted by Crippen LogP contribution is 2.09. The van der Waals surface area contributed by atoms with Crippen LogP contribution >= 0.6 is 23.7 Å². The van der Waals surface area contributed by atoms with Gasteiger partial charge in [-0.3, -0.25) is 4.79 Å². The lowest BCUT2D eigenvalue weighted by Crippen LogP contribution is -2.22. The van der Waals surface area contributed by atoms with E-state index in [0.717, 1.165) is 4.88 Å². The number of halogens is 1. The molecule has 0 radical (unpaired) electrons. The van der Waals surface area contributed by atoms with E-state index < -0.39 is 0 Å². The number of thiophene rings is 1. The van der Waals surface area contributed by atoms with Gasteiger partial charge in [0, 0.05) is 11.3 Å². The molecule has 0 saturated carbocycles. The van der Waals surface area contributed by atoms with E-state index in [9.17, 15) is 4.79 Å². The topological polar surface area (TPSA) is 20.3 Å². The number of hydrogen-bond acceptors (Lipinski definition) is 3. The molecule has 1 aromatic heterocycles. The molecule has 0 amide bonds. The van der Waals surface area contributed by atoms with Gasteiger partial charge in [-0.05, 0) is 25.5 Å². The smallest absolute Gasteiger partial charge is 0.151 e. The normalized spacial score (nSPS) is 9.77. The van der Waals surface area contributed by atoms with Crippen molar-refractivity contribution in [1.29, 1.82) is 0 Å². The number of Topliss-reactive ketones (excluding diaryl/α,β-unsaturated/α-hetero) is 1. The summed E-state index contributed by atoms with van der Waals surface area (Å²) in [6.45, 7) is 0.540. The molecule has 1 rings (SSSR count). The fourth-order valence-corrected chi connectivity index (χ4v) is 1.75. The summed E-state index contributed by atoms with van der Waals surface area (Å²) < 4.78 is 0. The number of nitrogens with zero attached hydrogens (tertiary/aromatic N) is 1. The van der Waals surface area contributed by atoms with Crippen molar-refractivity contribution in [3.05, 3.63) is 22.4 Å². The molecular formula is C9H14ClNOS. The molecule has 0 aliphatic heterocycles. The van der Waals surface area contributed by atoms with Crippen LogP contribution in [0.1, 0.15) is 4.88 Å². The molecule has 0 aromatic carbocycles. The number of ketones is 1. The summed E-state index contributed by atoms with van der Waals surface area (Å²) in [4.78, 5) is 14.3. The van der Waals surface area contributed by atoms with Crippen LogP contribution in [-0.4, -0.2) is 31.3 Å². The molecule has 13 heavy (non-hydrogen) atoms. The van der Waals surface area contributed by atoms with Crippen molar-refractivity contribution in [2.45, 2.75) is 6.42 Å². The maximum Gasteiger partial charge on any atom is 0.151 e. The maximum atomic E-state index is 11.3. The molecule has 1 heterocycles. The average molecular weight is 220 g/mol. The zero-order valence-electron chi connectivity index (χ0n) is 7.82. The van der Waals surface area contributed by atoms with Crippen LogP contribution in [0.4, 0.5) is 0 Å². The van der Waals surface area contributed by atoms with E-state index in [1.807, 2.05) is 36.5 Å². The quantitative estimate of drug-likeness (QED) is 0.771. The van der Waals surface area contributed by atoms with E-state index >= 15 is 0 Å². The SMILES string of the molecule is CN(C)CC(=O)Cc1cccs1.Cl. The van der Waals surface area contributed by atoms with E-state index in [1.165, 1.54) is 0 Å². The Kier molecular flexibility index (Phi) is 5.95. The Bertz CT molecular complexity index is 246. The number of rotatable bonds is 4. The molecule has 0 fully saturated rings. The fraction of sp³-hybridized carbons (Fsp3) is 0.444. The first-order valence-corrected chi connectivity index (χ1v) is 4.75. The largest absolute Gasteiger partial charge is 0.302 e. The molecule has 0 aliphatic rings. The Morgan fingerprint density at radius 1 is 1.54 bits per heavy atom. The first-order valence-electron chi connectivity index (χ1n) is 3.87. The highest BCUT2D eigenvalue weighted by molar-refractivity contribution is 7.10. The maximum absolute atomic E-state index is 11.3. The van der Waals surface area contributed by atoms with Gasteiger partial charge in [-0.1, -0.05) is 6.07 Å². The standard InChI is InChI=1S/C9H13NOS.ClH/c1-10(2)7-8(11)6-9-4-3-5-12-9;/h3-5H,6-7H2,1-2H3;1H. The van der Waals surface area contributed by atoms with Crippen LogP contribution in [-0.2, 0) is 11.2 Å². The van der Waals surface area contributed by atoms with E-state index in [0.29, 0.717) is 13.0 Å². The van der Waals surface area contributed by atoms with Gasteiger partial charge < -0.3 is 4.90 Å². The van der Waals surface area contributed by atoms with E-state index in [2.05, 4.69) is 0 Å². The van der Waals surface area contributed by atoms with Crippen LogP contribution in [0.15, 0.2) is 17.5 Å². The molecule has 0 aliphatic carbocycles. The molecule has 0 unspecified atom stereocenters. The Labute approximate surface area is 89.0 Å². The van der Waals surface area contributed by atoms with Gasteiger partial charge in [0.1, 0.15) is 0 Å². The second-order valence-electron chi connectivity index (χ2n) is 3.03. The molecule has 4 heteroatoms. The summed E-state index contributed by atoms with van der Waals surface area (Å²) in [5, 5.41) is 2.00. The number of carbonyl (C=O) groups is 1. The van der Waals surface area contributed by atoms with Crippen molar-refractivity contribution in [3.8, 4) is 0 Å². The second kappa shape index (κ2) is 6.13. The summed E-state index contributed by atoms with van der Waals surface area (Å²) in [6.07, 6.45) is 0.579. The third-order valence-corrected chi connectivity index (χ3v) is 2.32. The predicted molar refractivity (Wildman–Crippen MR) is 58.8 cm³/mol. The van der Waals surface area contributed by atoms with Crippen LogP contribution in [0.2, 0.25) is 0 Å². The molecule has 2 nitrogen and oxygen atoms in total. The number of carbonyl (C=O) groups excluding carboxylic acids is 1.